The summed E-state index contributed by atoms with van der Waals surface area (Å²) < 4.78 is 19.8. The number of halogens is 1. The second-order valence-electron chi connectivity index (χ2n) is 8.77. The van der Waals surface area contributed by atoms with Crippen molar-refractivity contribution in [2.24, 2.45) is 23.7 Å². The van der Waals surface area contributed by atoms with E-state index in [-0.39, 0.29) is 11.7 Å². The average Bonchev–Trinajstić information content (AvgIpc) is 3.16. The van der Waals surface area contributed by atoms with Crippen molar-refractivity contribution in [2.45, 2.75) is 40.0 Å². The largest absolute Gasteiger partial charge is 0.421 e. The van der Waals surface area contributed by atoms with Crippen molar-refractivity contribution in [2.75, 3.05) is 20.1 Å². The highest BCUT2D eigenvalue weighted by atomic mass is 19.1. The maximum atomic E-state index is 14.0. The van der Waals surface area contributed by atoms with Gasteiger partial charge in [0.1, 0.15) is 5.82 Å². The second kappa shape index (κ2) is 9.99. The summed E-state index contributed by atoms with van der Waals surface area (Å²) >= 11 is 0. The van der Waals surface area contributed by atoms with Crippen LogP contribution in [0.1, 0.15) is 39.5 Å². The predicted molar refractivity (Wildman–Crippen MR) is 115 cm³/mol. The zero-order chi connectivity index (χ0) is 21.7. The van der Waals surface area contributed by atoms with Gasteiger partial charge in [-0.3, -0.25) is 0 Å². The number of hydrogen-bond donors (Lipinski definition) is 0. The van der Waals surface area contributed by atoms with Crippen LogP contribution >= 0.6 is 0 Å². The van der Waals surface area contributed by atoms with E-state index < -0.39 is 0 Å². The third-order valence-corrected chi connectivity index (χ3v) is 6.20. The molecule has 1 aromatic heterocycles. The Morgan fingerprint density at radius 1 is 1.30 bits per heavy atom. The molecule has 0 saturated carbocycles. The van der Waals surface area contributed by atoms with E-state index in [1.807, 2.05) is 0 Å². The molecule has 0 N–H and O–H groups in total. The summed E-state index contributed by atoms with van der Waals surface area (Å²) in [5, 5.41) is 17.1. The van der Waals surface area contributed by atoms with Gasteiger partial charge in [-0.05, 0) is 56.2 Å². The fourth-order valence-electron chi connectivity index (χ4n) is 4.47. The van der Waals surface area contributed by atoms with Gasteiger partial charge < -0.3 is 9.32 Å². The Balaban J connectivity index is 1.72. The molecule has 1 aliphatic carbocycles. The number of rotatable bonds is 8. The summed E-state index contributed by atoms with van der Waals surface area (Å²) in [5.74, 6) is 2.36. The van der Waals surface area contributed by atoms with Gasteiger partial charge in [-0.2, -0.15) is 5.26 Å². The summed E-state index contributed by atoms with van der Waals surface area (Å²) in [6, 6.07) is 8.68. The Kier molecular flexibility index (Phi) is 7.38. The molecule has 0 amide bonds. The first kappa shape index (κ1) is 22.2. The molecule has 2 aromatic rings. The van der Waals surface area contributed by atoms with E-state index in [2.05, 4.69) is 55.1 Å². The Hall–Kier alpha value is -2.52. The molecule has 3 rings (SSSR count). The number of nitriles is 1. The van der Waals surface area contributed by atoms with Gasteiger partial charge in [-0.15, -0.1) is 10.2 Å². The molecule has 0 spiro atoms. The molecule has 1 aromatic carbocycles. The standard InChI is InChI=1S/C24H31FN4O/c1-16(2)21-13-18(17(3)12-19(21)15-29(4)11-7-10-26)14-23-27-28-24(30-23)20-8-5-6-9-22(20)25/h5-6,8-9,12,16,18-19,21H,7,11,13-15H2,1-4H3. The van der Waals surface area contributed by atoms with E-state index in [0.717, 1.165) is 19.5 Å². The molecule has 1 aliphatic rings. The Morgan fingerprint density at radius 2 is 2.07 bits per heavy atom. The third kappa shape index (κ3) is 5.34. The van der Waals surface area contributed by atoms with Crippen LogP contribution in [0.25, 0.3) is 11.5 Å². The highest BCUT2D eigenvalue weighted by molar-refractivity contribution is 5.53. The maximum Gasteiger partial charge on any atom is 0.250 e. The lowest BCUT2D eigenvalue weighted by Crippen LogP contribution is -2.36. The second-order valence-corrected chi connectivity index (χ2v) is 8.77. The van der Waals surface area contributed by atoms with Crippen LogP contribution in [0.3, 0.4) is 0 Å². The van der Waals surface area contributed by atoms with Gasteiger partial charge in [-0.25, -0.2) is 4.39 Å². The van der Waals surface area contributed by atoms with Gasteiger partial charge in [0, 0.05) is 25.9 Å². The fraction of sp³-hybridized carbons (Fsp3) is 0.542. The van der Waals surface area contributed by atoms with Crippen molar-refractivity contribution in [1.29, 1.82) is 5.26 Å². The molecular weight excluding hydrogens is 379 g/mol. The minimum absolute atomic E-state index is 0.234. The minimum atomic E-state index is -0.357. The molecule has 5 nitrogen and oxygen atoms in total. The number of allylic oxidation sites excluding steroid dienone is 1. The van der Waals surface area contributed by atoms with Crippen LogP contribution in [0.2, 0.25) is 0 Å². The number of nitrogens with zero attached hydrogens (tertiary/aromatic N) is 4. The number of hydrogen-bond acceptors (Lipinski definition) is 5. The van der Waals surface area contributed by atoms with Crippen molar-refractivity contribution < 1.29 is 8.81 Å². The lowest BCUT2D eigenvalue weighted by Gasteiger charge is -2.38. The molecule has 0 bridgehead atoms. The maximum absolute atomic E-state index is 14.0. The summed E-state index contributed by atoms with van der Waals surface area (Å²) in [5.41, 5.74) is 1.68. The van der Waals surface area contributed by atoms with Gasteiger partial charge >= 0.3 is 0 Å². The van der Waals surface area contributed by atoms with Gasteiger partial charge in [-0.1, -0.05) is 37.6 Å². The monoisotopic (exact) mass is 410 g/mol. The van der Waals surface area contributed by atoms with Gasteiger partial charge in [0.05, 0.1) is 11.6 Å². The van der Waals surface area contributed by atoms with Gasteiger partial charge in [0.25, 0.3) is 5.89 Å². The van der Waals surface area contributed by atoms with Crippen molar-refractivity contribution in [1.82, 2.24) is 15.1 Å². The van der Waals surface area contributed by atoms with E-state index in [9.17, 15) is 4.39 Å². The smallest absolute Gasteiger partial charge is 0.250 e. The highest BCUT2D eigenvalue weighted by Gasteiger charge is 2.33. The van der Waals surface area contributed by atoms with Crippen LogP contribution < -0.4 is 0 Å². The van der Waals surface area contributed by atoms with Crippen molar-refractivity contribution in [3.63, 3.8) is 0 Å². The van der Waals surface area contributed by atoms with Crippen LogP contribution in [-0.4, -0.2) is 35.2 Å². The molecule has 160 valence electrons. The number of aromatic nitrogens is 2. The zero-order valence-corrected chi connectivity index (χ0v) is 18.3. The molecule has 0 saturated heterocycles. The SMILES string of the molecule is CC1=CC(CN(C)CCC#N)C(C(C)C)CC1Cc1nnc(-c2ccccc2F)o1. The molecule has 3 atom stereocenters. The lowest BCUT2D eigenvalue weighted by atomic mass is 9.69. The van der Waals surface area contributed by atoms with E-state index in [0.29, 0.717) is 48.0 Å². The van der Waals surface area contributed by atoms with Crippen LogP contribution in [0.4, 0.5) is 4.39 Å². The van der Waals surface area contributed by atoms with Gasteiger partial charge in [0.2, 0.25) is 5.89 Å². The molecule has 3 unspecified atom stereocenters. The molecule has 0 radical (unpaired) electrons. The number of benzene rings is 1. The topological polar surface area (TPSA) is 66.0 Å². The molecule has 1 heterocycles. The summed E-state index contributed by atoms with van der Waals surface area (Å²) in [4.78, 5) is 2.26. The normalized spacial score (nSPS) is 21.7. The summed E-state index contributed by atoms with van der Waals surface area (Å²) in [7, 11) is 2.09. The lowest BCUT2D eigenvalue weighted by molar-refractivity contribution is 0.177. The van der Waals surface area contributed by atoms with E-state index in [1.54, 1.807) is 18.2 Å². The average molecular weight is 411 g/mol. The molecule has 0 aliphatic heterocycles. The fourth-order valence-corrected chi connectivity index (χ4v) is 4.47. The first-order valence-electron chi connectivity index (χ1n) is 10.7. The van der Waals surface area contributed by atoms with E-state index in [4.69, 9.17) is 9.68 Å². The van der Waals surface area contributed by atoms with E-state index >= 15 is 0 Å². The molecular formula is C24H31FN4O. The van der Waals surface area contributed by atoms with Crippen LogP contribution in [0.5, 0.6) is 0 Å². The van der Waals surface area contributed by atoms with Crippen molar-refractivity contribution in [3.8, 4) is 17.5 Å². The van der Waals surface area contributed by atoms with Crippen molar-refractivity contribution >= 4 is 0 Å². The predicted octanol–water partition coefficient (Wildman–Crippen LogP) is 5.12. The Morgan fingerprint density at radius 3 is 2.77 bits per heavy atom. The third-order valence-electron chi connectivity index (χ3n) is 6.20. The molecule has 0 fully saturated rings. The zero-order valence-electron chi connectivity index (χ0n) is 18.3. The summed E-state index contributed by atoms with van der Waals surface area (Å²) in [6.45, 7) is 8.50. The Bertz CT molecular complexity index is 914. The highest BCUT2D eigenvalue weighted by Crippen LogP contribution is 2.39. The van der Waals surface area contributed by atoms with Crippen LogP contribution in [-0.2, 0) is 6.42 Å². The first-order valence-corrected chi connectivity index (χ1v) is 10.7. The van der Waals surface area contributed by atoms with E-state index in [1.165, 1.54) is 11.6 Å². The summed E-state index contributed by atoms with van der Waals surface area (Å²) in [6.07, 6.45) is 4.69. The van der Waals surface area contributed by atoms with Crippen molar-refractivity contribution in [3.05, 3.63) is 47.6 Å². The van der Waals surface area contributed by atoms with Crippen LogP contribution in [0.15, 0.2) is 40.3 Å². The Labute approximate surface area is 178 Å². The molecule has 6 heteroatoms. The van der Waals surface area contributed by atoms with Crippen LogP contribution in [0, 0.1) is 40.8 Å². The van der Waals surface area contributed by atoms with Gasteiger partial charge in [0.15, 0.2) is 0 Å². The first-order chi connectivity index (χ1) is 14.4. The quantitative estimate of drug-likeness (QED) is 0.565. The minimum Gasteiger partial charge on any atom is -0.421 e. The molecule has 30 heavy (non-hydrogen) atoms.